The molecule has 0 heterocycles. The summed E-state index contributed by atoms with van der Waals surface area (Å²) in [6.07, 6.45) is 0.234. The molecule has 25 heavy (non-hydrogen) atoms. The summed E-state index contributed by atoms with van der Waals surface area (Å²) in [4.78, 5) is 27.0. The van der Waals surface area contributed by atoms with Crippen molar-refractivity contribution in [2.75, 3.05) is 11.5 Å². The van der Waals surface area contributed by atoms with E-state index in [0.717, 1.165) is 22.4 Å². The van der Waals surface area contributed by atoms with Crippen molar-refractivity contribution >= 4 is 17.6 Å². The van der Waals surface area contributed by atoms with Crippen molar-refractivity contribution in [3.05, 3.63) is 65.2 Å². The minimum absolute atomic E-state index is 0.121. The van der Waals surface area contributed by atoms with Gasteiger partial charge < -0.3 is 4.74 Å². The molecule has 4 nitrogen and oxygen atoms in total. The van der Waals surface area contributed by atoms with Crippen LogP contribution in [0.1, 0.15) is 30.5 Å². The Hall–Kier alpha value is -2.62. The molecule has 0 spiro atoms. The average molecular weight is 339 g/mol. The molecular formula is C21H25NO3. The third-order valence-corrected chi connectivity index (χ3v) is 4.16. The van der Waals surface area contributed by atoms with E-state index in [2.05, 4.69) is 0 Å². The van der Waals surface area contributed by atoms with Gasteiger partial charge in [-0.15, -0.1) is 0 Å². The van der Waals surface area contributed by atoms with Crippen LogP contribution in [-0.2, 0) is 20.7 Å². The van der Waals surface area contributed by atoms with Gasteiger partial charge in [-0.3, -0.25) is 9.69 Å². The van der Waals surface area contributed by atoms with Crippen LogP contribution in [-0.4, -0.2) is 24.5 Å². The van der Waals surface area contributed by atoms with E-state index in [0.29, 0.717) is 0 Å². The summed E-state index contributed by atoms with van der Waals surface area (Å²) in [6, 6.07) is 14.7. The number of amides is 1. The summed E-state index contributed by atoms with van der Waals surface area (Å²) < 4.78 is 5.15. The molecule has 0 aromatic heterocycles. The molecule has 0 aliphatic rings. The van der Waals surface area contributed by atoms with E-state index in [9.17, 15) is 9.59 Å². The minimum atomic E-state index is -0.684. The number of carbonyl (C=O) groups excluding carboxylic acids is 2. The lowest BCUT2D eigenvalue weighted by Gasteiger charge is -2.30. The Morgan fingerprint density at radius 2 is 1.60 bits per heavy atom. The normalized spacial score (nSPS) is 11.7. The lowest BCUT2D eigenvalue weighted by molar-refractivity contribution is -0.145. The summed E-state index contributed by atoms with van der Waals surface area (Å²) in [5.74, 6) is -0.518. The fourth-order valence-electron chi connectivity index (χ4n) is 2.94. The van der Waals surface area contributed by atoms with E-state index in [-0.39, 0.29) is 18.9 Å². The fourth-order valence-corrected chi connectivity index (χ4v) is 2.94. The first-order valence-electron chi connectivity index (χ1n) is 8.54. The van der Waals surface area contributed by atoms with E-state index in [1.165, 1.54) is 0 Å². The second-order valence-electron chi connectivity index (χ2n) is 6.09. The molecule has 2 aromatic carbocycles. The van der Waals surface area contributed by atoms with Crippen molar-refractivity contribution in [3.8, 4) is 0 Å². The molecule has 1 amide bonds. The molecule has 0 fully saturated rings. The summed E-state index contributed by atoms with van der Waals surface area (Å²) in [5.41, 5.74) is 3.61. The van der Waals surface area contributed by atoms with E-state index < -0.39 is 12.0 Å². The Bertz CT molecular complexity index is 720. The Labute approximate surface area is 149 Å². The molecule has 0 saturated carbocycles. The number of para-hydroxylation sites is 1. The third kappa shape index (κ3) is 4.47. The largest absolute Gasteiger partial charge is 0.464 e. The molecule has 0 saturated heterocycles. The van der Waals surface area contributed by atoms with Crippen molar-refractivity contribution in [1.29, 1.82) is 0 Å². The van der Waals surface area contributed by atoms with Crippen LogP contribution in [0.4, 0.5) is 5.69 Å². The first-order chi connectivity index (χ1) is 12.0. The predicted octanol–water partition coefficient (Wildman–Crippen LogP) is 3.83. The monoisotopic (exact) mass is 339 g/mol. The highest BCUT2D eigenvalue weighted by Crippen LogP contribution is 2.27. The van der Waals surface area contributed by atoms with Crippen LogP contribution in [0.15, 0.2) is 48.5 Å². The Balaban J connectivity index is 2.41. The van der Waals surface area contributed by atoms with Gasteiger partial charge in [0, 0.05) is 0 Å². The molecular weight excluding hydrogens is 314 g/mol. The fraction of sp³-hybridized carbons (Fsp3) is 0.333. The number of nitrogens with zero attached hydrogens (tertiary/aromatic N) is 1. The van der Waals surface area contributed by atoms with Gasteiger partial charge in [-0.2, -0.15) is 0 Å². The molecule has 0 radical (unpaired) electrons. The maximum atomic E-state index is 13.1. The second-order valence-corrected chi connectivity index (χ2v) is 6.09. The summed E-state index contributed by atoms with van der Waals surface area (Å²) in [6.45, 7) is 7.66. The quantitative estimate of drug-likeness (QED) is 0.752. The minimum Gasteiger partial charge on any atom is -0.464 e. The van der Waals surface area contributed by atoms with Gasteiger partial charge in [-0.25, -0.2) is 4.79 Å². The molecule has 132 valence electrons. The van der Waals surface area contributed by atoms with Gasteiger partial charge in [0.1, 0.15) is 6.04 Å². The number of hydrogen-bond donors (Lipinski definition) is 0. The Kier molecular flexibility index (Phi) is 6.34. The highest BCUT2D eigenvalue weighted by molar-refractivity contribution is 6.01. The van der Waals surface area contributed by atoms with Gasteiger partial charge in [0.15, 0.2) is 0 Å². The van der Waals surface area contributed by atoms with Crippen molar-refractivity contribution in [1.82, 2.24) is 0 Å². The summed E-state index contributed by atoms with van der Waals surface area (Å²) in [5, 5.41) is 0. The van der Waals surface area contributed by atoms with Crippen LogP contribution in [0.5, 0.6) is 0 Å². The molecule has 2 aromatic rings. The van der Waals surface area contributed by atoms with Crippen LogP contribution in [0.25, 0.3) is 0 Å². The van der Waals surface area contributed by atoms with E-state index in [4.69, 9.17) is 4.74 Å². The summed E-state index contributed by atoms with van der Waals surface area (Å²) in [7, 11) is 0. The highest BCUT2D eigenvalue weighted by atomic mass is 16.5. The molecule has 1 unspecified atom stereocenters. The number of benzene rings is 2. The number of esters is 1. The first kappa shape index (κ1) is 18.7. The van der Waals surface area contributed by atoms with Crippen LogP contribution < -0.4 is 4.90 Å². The Morgan fingerprint density at radius 1 is 1.00 bits per heavy atom. The van der Waals surface area contributed by atoms with Gasteiger partial charge in [0.2, 0.25) is 5.91 Å². The van der Waals surface area contributed by atoms with Crippen molar-refractivity contribution < 1.29 is 14.3 Å². The number of ether oxygens (including phenoxy) is 1. The van der Waals surface area contributed by atoms with Gasteiger partial charge >= 0.3 is 5.97 Å². The standard InChI is InChI=1S/C21H25NO3/c1-5-25-21(24)17(4)22(20-15(2)10-9-11-16(20)3)19(23)14-18-12-7-6-8-13-18/h6-13,17H,5,14H2,1-4H3. The van der Waals surface area contributed by atoms with E-state index in [1.54, 1.807) is 18.7 Å². The lowest BCUT2D eigenvalue weighted by Crippen LogP contribution is -2.45. The zero-order chi connectivity index (χ0) is 18.4. The zero-order valence-electron chi connectivity index (χ0n) is 15.3. The van der Waals surface area contributed by atoms with Crippen LogP contribution in [0.3, 0.4) is 0 Å². The highest BCUT2D eigenvalue weighted by Gasteiger charge is 2.30. The van der Waals surface area contributed by atoms with E-state index in [1.807, 2.05) is 62.4 Å². The number of aryl methyl sites for hydroxylation is 2. The zero-order valence-corrected chi connectivity index (χ0v) is 15.3. The number of rotatable bonds is 6. The Morgan fingerprint density at radius 3 is 2.16 bits per heavy atom. The third-order valence-electron chi connectivity index (χ3n) is 4.16. The number of carbonyl (C=O) groups is 2. The summed E-state index contributed by atoms with van der Waals surface area (Å²) >= 11 is 0. The number of hydrogen-bond acceptors (Lipinski definition) is 3. The van der Waals surface area contributed by atoms with Crippen LogP contribution in [0.2, 0.25) is 0 Å². The maximum Gasteiger partial charge on any atom is 0.328 e. The van der Waals surface area contributed by atoms with Gasteiger partial charge in [-0.1, -0.05) is 48.5 Å². The van der Waals surface area contributed by atoms with Gasteiger partial charge in [0.05, 0.1) is 18.7 Å². The maximum absolute atomic E-state index is 13.1. The average Bonchev–Trinajstić information content (AvgIpc) is 2.58. The topological polar surface area (TPSA) is 46.6 Å². The van der Waals surface area contributed by atoms with Crippen LogP contribution in [0, 0.1) is 13.8 Å². The van der Waals surface area contributed by atoms with Gasteiger partial charge in [0.25, 0.3) is 0 Å². The SMILES string of the molecule is CCOC(=O)C(C)N(C(=O)Cc1ccccc1)c1c(C)cccc1C. The molecule has 0 aliphatic carbocycles. The lowest BCUT2D eigenvalue weighted by atomic mass is 10.0. The van der Waals surface area contributed by atoms with Crippen molar-refractivity contribution in [2.24, 2.45) is 0 Å². The van der Waals surface area contributed by atoms with E-state index >= 15 is 0 Å². The van der Waals surface area contributed by atoms with Crippen molar-refractivity contribution in [3.63, 3.8) is 0 Å². The molecule has 2 rings (SSSR count). The first-order valence-corrected chi connectivity index (χ1v) is 8.54. The van der Waals surface area contributed by atoms with Crippen molar-refractivity contribution in [2.45, 2.75) is 40.2 Å². The molecule has 4 heteroatoms. The smallest absolute Gasteiger partial charge is 0.328 e. The predicted molar refractivity (Wildman–Crippen MR) is 99.6 cm³/mol. The molecule has 1 atom stereocenters. The number of anilines is 1. The second kappa shape index (κ2) is 8.47. The molecule has 0 bridgehead atoms. The van der Waals surface area contributed by atoms with Gasteiger partial charge in [-0.05, 0) is 44.4 Å². The molecule has 0 aliphatic heterocycles. The molecule has 0 N–H and O–H groups in total. The van der Waals surface area contributed by atoms with Crippen LogP contribution >= 0.6 is 0 Å².